The lowest BCUT2D eigenvalue weighted by Crippen LogP contribution is -2.51. The van der Waals surface area contributed by atoms with Crippen LogP contribution in [0.15, 0.2) is 42.6 Å². The molecule has 0 N–H and O–H groups in total. The second kappa shape index (κ2) is 4.69. The lowest BCUT2D eigenvalue weighted by atomic mass is 9.91. The second-order valence-electron chi connectivity index (χ2n) is 5.70. The summed E-state index contributed by atoms with van der Waals surface area (Å²) < 4.78 is 5.67. The van der Waals surface area contributed by atoms with Crippen LogP contribution in [0.25, 0.3) is 16.3 Å². The molecule has 0 aliphatic carbocycles. The van der Waals surface area contributed by atoms with Gasteiger partial charge in [-0.05, 0) is 30.5 Å². The van der Waals surface area contributed by atoms with Crippen LogP contribution in [-0.2, 0) is 4.74 Å². The number of rotatable bonds is 1. The van der Waals surface area contributed by atoms with Gasteiger partial charge < -0.3 is 4.74 Å². The first-order valence-electron chi connectivity index (χ1n) is 7.17. The first-order chi connectivity index (χ1) is 9.83. The van der Waals surface area contributed by atoms with Gasteiger partial charge in [0.1, 0.15) is 0 Å². The average molecular weight is 266 g/mol. The highest BCUT2D eigenvalue weighted by atomic mass is 16.5. The molecule has 2 atom stereocenters. The van der Waals surface area contributed by atoms with Crippen molar-refractivity contribution in [2.24, 2.45) is 0 Å². The minimum absolute atomic E-state index is 0.387. The number of hydrogen-bond donors (Lipinski definition) is 0. The van der Waals surface area contributed by atoms with E-state index in [-0.39, 0.29) is 0 Å². The zero-order valence-corrected chi connectivity index (χ0v) is 11.6. The Kier molecular flexibility index (Phi) is 2.83. The van der Waals surface area contributed by atoms with Gasteiger partial charge in [0.15, 0.2) is 0 Å². The van der Waals surface area contributed by atoms with Gasteiger partial charge in [0.25, 0.3) is 0 Å². The number of pyridine rings is 1. The number of benzene rings is 1. The molecule has 1 fully saturated rings. The van der Waals surface area contributed by atoms with Gasteiger partial charge in [0.05, 0.1) is 24.9 Å². The molecule has 2 aliphatic rings. The molecule has 2 aromatic rings. The van der Waals surface area contributed by atoms with Crippen LogP contribution >= 0.6 is 0 Å². The zero-order valence-electron chi connectivity index (χ0n) is 11.6. The van der Waals surface area contributed by atoms with Crippen molar-refractivity contribution in [2.45, 2.75) is 18.5 Å². The summed E-state index contributed by atoms with van der Waals surface area (Å²) in [6.45, 7) is 1.62. The Hall–Kier alpha value is -1.71. The summed E-state index contributed by atoms with van der Waals surface area (Å²) in [5, 5.41) is 2.52. The number of likely N-dealkylation sites (N-methyl/N-ethyl adjacent to an activating group) is 1. The number of hydrogen-bond acceptors (Lipinski definition) is 3. The van der Waals surface area contributed by atoms with Crippen LogP contribution in [0.2, 0.25) is 0 Å². The van der Waals surface area contributed by atoms with Gasteiger partial charge in [-0.1, -0.05) is 30.3 Å². The predicted molar refractivity (Wildman–Crippen MR) is 80.5 cm³/mol. The Labute approximate surface area is 118 Å². The quantitative estimate of drug-likeness (QED) is 0.793. The van der Waals surface area contributed by atoms with Crippen molar-refractivity contribution in [3.63, 3.8) is 0 Å². The molecular weight excluding hydrogens is 248 g/mol. The van der Waals surface area contributed by atoms with E-state index in [2.05, 4.69) is 53.3 Å². The highest BCUT2D eigenvalue weighted by Crippen LogP contribution is 2.33. The molecule has 0 radical (unpaired) electrons. The van der Waals surface area contributed by atoms with E-state index in [1.165, 1.54) is 16.3 Å². The summed E-state index contributed by atoms with van der Waals surface area (Å²) in [4.78, 5) is 7.08. The summed E-state index contributed by atoms with van der Waals surface area (Å²) in [6, 6.07) is 11.4. The van der Waals surface area contributed by atoms with Gasteiger partial charge in [-0.2, -0.15) is 0 Å². The normalized spacial score (nSPS) is 26.6. The molecule has 3 heterocycles. The van der Waals surface area contributed by atoms with E-state index in [9.17, 15) is 0 Å². The van der Waals surface area contributed by atoms with E-state index >= 15 is 0 Å². The molecule has 0 amide bonds. The fraction of sp³-hybridized carbons (Fsp3) is 0.353. The monoisotopic (exact) mass is 266 g/mol. The first-order valence-corrected chi connectivity index (χ1v) is 7.17. The molecule has 2 aliphatic heterocycles. The molecule has 0 saturated carbocycles. The van der Waals surface area contributed by atoms with Gasteiger partial charge in [-0.25, -0.2) is 0 Å². The third-order valence-electron chi connectivity index (χ3n) is 4.52. The lowest BCUT2D eigenvalue weighted by molar-refractivity contribution is -0.0221. The Morgan fingerprint density at radius 1 is 1.20 bits per heavy atom. The standard InChI is InChI=1S/C17H18N2O/c1-19-14-8-13(9-15(19)11-20-10-14)17-16-5-3-2-4-12(16)6-7-18-17/h2-8,14-15H,9-11H2,1H3. The molecule has 1 aromatic heterocycles. The first kappa shape index (κ1) is 12.1. The van der Waals surface area contributed by atoms with Gasteiger partial charge in [-0.3, -0.25) is 9.88 Å². The summed E-state index contributed by atoms with van der Waals surface area (Å²) in [5.41, 5.74) is 2.52. The molecular formula is C17H18N2O. The maximum absolute atomic E-state index is 5.67. The van der Waals surface area contributed by atoms with Crippen LogP contribution in [0.4, 0.5) is 0 Å². The third kappa shape index (κ3) is 1.86. The van der Waals surface area contributed by atoms with E-state index in [1.807, 2.05) is 6.20 Å². The lowest BCUT2D eigenvalue weighted by Gasteiger charge is -2.42. The molecule has 4 rings (SSSR count). The smallest absolute Gasteiger partial charge is 0.0737 e. The van der Waals surface area contributed by atoms with Crippen molar-refractivity contribution in [1.82, 2.24) is 9.88 Å². The maximum Gasteiger partial charge on any atom is 0.0737 e. The SMILES string of the molecule is CN1C2C=C(c3nccc4ccccc34)CC1COC2. The highest BCUT2D eigenvalue weighted by molar-refractivity contribution is 5.92. The van der Waals surface area contributed by atoms with Crippen molar-refractivity contribution >= 4 is 16.3 Å². The van der Waals surface area contributed by atoms with E-state index in [1.54, 1.807) is 0 Å². The molecule has 1 aromatic carbocycles. The largest absolute Gasteiger partial charge is 0.378 e. The Morgan fingerprint density at radius 3 is 3.00 bits per heavy atom. The van der Waals surface area contributed by atoms with Crippen LogP contribution in [0, 0.1) is 0 Å². The minimum Gasteiger partial charge on any atom is -0.378 e. The van der Waals surface area contributed by atoms with Crippen molar-refractivity contribution in [3.05, 3.63) is 48.3 Å². The van der Waals surface area contributed by atoms with Gasteiger partial charge in [0, 0.05) is 17.6 Å². The number of morpholine rings is 1. The highest BCUT2D eigenvalue weighted by Gasteiger charge is 2.32. The van der Waals surface area contributed by atoms with Crippen LogP contribution < -0.4 is 0 Å². The van der Waals surface area contributed by atoms with E-state index < -0.39 is 0 Å². The maximum atomic E-state index is 5.67. The molecule has 2 unspecified atom stereocenters. The number of ether oxygens (including phenoxy) is 1. The number of fused-ring (bicyclic) bond motifs is 3. The average Bonchev–Trinajstić information content (AvgIpc) is 2.46. The Bertz CT molecular complexity index is 674. The fourth-order valence-electron chi connectivity index (χ4n) is 3.30. The zero-order chi connectivity index (χ0) is 13.5. The molecule has 3 heteroatoms. The van der Waals surface area contributed by atoms with E-state index in [4.69, 9.17) is 4.74 Å². The van der Waals surface area contributed by atoms with Crippen molar-refractivity contribution < 1.29 is 4.74 Å². The number of nitrogens with zero attached hydrogens (tertiary/aromatic N) is 2. The molecule has 102 valence electrons. The van der Waals surface area contributed by atoms with Crippen LogP contribution in [0.1, 0.15) is 12.1 Å². The van der Waals surface area contributed by atoms with E-state index in [0.29, 0.717) is 12.1 Å². The van der Waals surface area contributed by atoms with Crippen molar-refractivity contribution in [1.29, 1.82) is 0 Å². The summed E-state index contributed by atoms with van der Waals surface area (Å²) in [5.74, 6) is 0. The molecule has 3 nitrogen and oxygen atoms in total. The van der Waals surface area contributed by atoms with Crippen LogP contribution in [0.5, 0.6) is 0 Å². The van der Waals surface area contributed by atoms with Gasteiger partial charge >= 0.3 is 0 Å². The predicted octanol–water partition coefficient (Wildman–Crippen LogP) is 2.72. The number of aromatic nitrogens is 1. The molecule has 0 spiro atoms. The minimum atomic E-state index is 0.387. The Balaban J connectivity index is 1.84. The summed E-state index contributed by atoms with van der Waals surface area (Å²) in [6.07, 6.45) is 5.28. The van der Waals surface area contributed by atoms with Crippen LogP contribution in [0.3, 0.4) is 0 Å². The third-order valence-corrected chi connectivity index (χ3v) is 4.52. The van der Waals surface area contributed by atoms with Crippen molar-refractivity contribution in [2.75, 3.05) is 20.3 Å². The molecule has 20 heavy (non-hydrogen) atoms. The molecule has 1 saturated heterocycles. The fourth-order valence-corrected chi connectivity index (χ4v) is 3.30. The van der Waals surface area contributed by atoms with Crippen LogP contribution in [-0.4, -0.2) is 42.2 Å². The summed E-state index contributed by atoms with van der Waals surface area (Å²) >= 11 is 0. The van der Waals surface area contributed by atoms with Gasteiger partial charge in [-0.15, -0.1) is 0 Å². The van der Waals surface area contributed by atoms with Gasteiger partial charge in [0.2, 0.25) is 0 Å². The topological polar surface area (TPSA) is 25.4 Å². The Morgan fingerprint density at radius 2 is 2.10 bits per heavy atom. The molecule has 2 bridgehead atoms. The second-order valence-corrected chi connectivity index (χ2v) is 5.70. The summed E-state index contributed by atoms with van der Waals surface area (Å²) in [7, 11) is 2.20. The van der Waals surface area contributed by atoms with Crippen molar-refractivity contribution in [3.8, 4) is 0 Å². The van der Waals surface area contributed by atoms with E-state index in [0.717, 1.165) is 25.3 Å².